The first kappa shape index (κ1) is 13.1. The maximum absolute atomic E-state index is 5.53. The topological polar surface area (TPSA) is 64.9 Å². The molecule has 0 aromatic carbocycles. The molecule has 2 aromatic rings. The molecule has 6 heteroatoms. The number of hydrogen-bond acceptors (Lipinski definition) is 5. The van der Waals surface area contributed by atoms with Crippen LogP contribution in [-0.4, -0.2) is 32.9 Å². The fourth-order valence-electron chi connectivity index (χ4n) is 2.29. The lowest BCUT2D eigenvalue weighted by Gasteiger charge is -2.19. The Morgan fingerprint density at radius 2 is 2.30 bits per heavy atom. The summed E-state index contributed by atoms with van der Waals surface area (Å²) in [7, 11) is 1.89. The van der Waals surface area contributed by atoms with Crippen LogP contribution in [0.2, 0.25) is 0 Å². The summed E-state index contributed by atoms with van der Waals surface area (Å²) in [5.74, 6) is 1.63. The zero-order valence-corrected chi connectivity index (χ0v) is 11.9. The molecule has 2 aromatic heterocycles. The van der Waals surface area contributed by atoms with Gasteiger partial charge in [-0.05, 0) is 6.42 Å². The van der Waals surface area contributed by atoms with Crippen LogP contribution in [0.25, 0.3) is 11.4 Å². The molecule has 106 valence electrons. The molecule has 0 saturated carbocycles. The van der Waals surface area contributed by atoms with Crippen molar-refractivity contribution in [1.29, 1.82) is 0 Å². The van der Waals surface area contributed by atoms with Crippen molar-refractivity contribution in [1.82, 2.24) is 19.7 Å². The quantitative estimate of drug-likeness (QED) is 0.919. The van der Waals surface area contributed by atoms with E-state index in [4.69, 9.17) is 4.74 Å². The van der Waals surface area contributed by atoms with Crippen LogP contribution in [0.1, 0.15) is 24.6 Å². The predicted octanol–water partition coefficient (Wildman–Crippen LogP) is 1.77. The summed E-state index contributed by atoms with van der Waals surface area (Å²) in [6, 6.07) is 0. The van der Waals surface area contributed by atoms with Gasteiger partial charge in [-0.25, -0.2) is 9.97 Å². The van der Waals surface area contributed by atoms with E-state index in [-0.39, 0.29) is 0 Å². The highest BCUT2D eigenvalue weighted by Gasteiger charge is 2.19. The number of anilines is 1. The minimum Gasteiger partial charge on any atom is -0.376 e. The summed E-state index contributed by atoms with van der Waals surface area (Å²) < 4.78 is 7.29. The number of nitrogens with one attached hydrogen (secondary N) is 1. The third kappa shape index (κ3) is 2.51. The van der Waals surface area contributed by atoms with E-state index in [0.717, 1.165) is 54.5 Å². The van der Waals surface area contributed by atoms with Gasteiger partial charge in [-0.3, -0.25) is 4.68 Å². The van der Waals surface area contributed by atoms with Gasteiger partial charge in [0.2, 0.25) is 0 Å². The van der Waals surface area contributed by atoms with E-state index in [9.17, 15) is 0 Å². The van der Waals surface area contributed by atoms with Crippen LogP contribution in [0.3, 0.4) is 0 Å². The van der Waals surface area contributed by atoms with Crippen molar-refractivity contribution < 1.29 is 4.74 Å². The highest BCUT2D eigenvalue weighted by Crippen LogP contribution is 2.25. The summed E-state index contributed by atoms with van der Waals surface area (Å²) in [5, 5.41) is 7.57. The van der Waals surface area contributed by atoms with E-state index >= 15 is 0 Å². The number of nitrogens with zero attached hydrogens (tertiary/aromatic N) is 4. The SMILES string of the molecule is CCCNc1nc(-c2cnn(C)c2)nc2c1COCC2. The Morgan fingerprint density at radius 3 is 3.05 bits per heavy atom. The van der Waals surface area contributed by atoms with Gasteiger partial charge in [0.1, 0.15) is 5.82 Å². The lowest BCUT2D eigenvalue weighted by Crippen LogP contribution is -2.17. The summed E-state index contributed by atoms with van der Waals surface area (Å²) in [6.45, 7) is 4.35. The van der Waals surface area contributed by atoms with E-state index in [2.05, 4.69) is 27.3 Å². The second-order valence-corrected chi connectivity index (χ2v) is 4.95. The Balaban J connectivity index is 2.03. The number of fused-ring (bicyclic) bond motifs is 1. The Labute approximate surface area is 118 Å². The van der Waals surface area contributed by atoms with Gasteiger partial charge in [-0.15, -0.1) is 0 Å². The van der Waals surface area contributed by atoms with Gasteiger partial charge in [-0.1, -0.05) is 6.92 Å². The molecule has 0 saturated heterocycles. The molecule has 1 aliphatic heterocycles. The minimum absolute atomic E-state index is 0.592. The molecule has 0 aliphatic carbocycles. The normalized spacial score (nSPS) is 14.1. The van der Waals surface area contributed by atoms with E-state index in [1.807, 2.05) is 13.2 Å². The fourth-order valence-corrected chi connectivity index (χ4v) is 2.29. The van der Waals surface area contributed by atoms with Gasteiger partial charge in [0.25, 0.3) is 0 Å². The molecular weight excluding hydrogens is 254 g/mol. The summed E-state index contributed by atoms with van der Waals surface area (Å²) in [4.78, 5) is 9.33. The summed E-state index contributed by atoms with van der Waals surface area (Å²) in [5.41, 5.74) is 3.13. The average Bonchev–Trinajstić information content (AvgIpc) is 2.91. The smallest absolute Gasteiger partial charge is 0.164 e. The lowest BCUT2D eigenvalue weighted by atomic mass is 10.1. The molecule has 0 spiro atoms. The molecule has 3 heterocycles. The molecule has 1 N–H and O–H groups in total. The predicted molar refractivity (Wildman–Crippen MR) is 76.4 cm³/mol. The van der Waals surface area contributed by atoms with Crippen LogP contribution < -0.4 is 5.32 Å². The standard InChI is InChI=1S/C14H19N5O/c1-3-5-15-14-11-9-20-6-4-12(11)17-13(18-14)10-7-16-19(2)8-10/h7-8H,3-6,9H2,1-2H3,(H,15,17,18). The zero-order valence-electron chi connectivity index (χ0n) is 11.9. The molecule has 20 heavy (non-hydrogen) atoms. The molecule has 0 radical (unpaired) electrons. The number of rotatable bonds is 4. The van der Waals surface area contributed by atoms with Gasteiger partial charge >= 0.3 is 0 Å². The first-order valence-electron chi connectivity index (χ1n) is 6.98. The molecule has 0 fully saturated rings. The van der Waals surface area contributed by atoms with E-state index in [0.29, 0.717) is 6.61 Å². The van der Waals surface area contributed by atoms with Crippen molar-refractivity contribution in [3.8, 4) is 11.4 Å². The molecule has 1 aliphatic rings. The zero-order chi connectivity index (χ0) is 13.9. The van der Waals surface area contributed by atoms with Crippen molar-refractivity contribution in [2.24, 2.45) is 7.05 Å². The van der Waals surface area contributed by atoms with Crippen molar-refractivity contribution >= 4 is 5.82 Å². The van der Waals surface area contributed by atoms with Crippen LogP contribution in [0.5, 0.6) is 0 Å². The van der Waals surface area contributed by atoms with Gasteiger partial charge in [0, 0.05) is 31.8 Å². The van der Waals surface area contributed by atoms with E-state index in [1.54, 1.807) is 10.9 Å². The molecule has 0 unspecified atom stereocenters. The van der Waals surface area contributed by atoms with Crippen molar-refractivity contribution in [2.75, 3.05) is 18.5 Å². The number of aromatic nitrogens is 4. The van der Waals surface area contributed by atoms with Crippen LogP contribution in [0.4, 0.5) is 5.82 Å². The molecule has 0 atom stereocenters. The summed E-state index contributed by atoms with van der Waals surface area (Å²) >= 11 is 0. The Morgan fingerprint density at radius 1 is 1.40 bits per heavy atom. The average molecular weight is 273 g/mol. The van der Waals surface area contributed by atoms with E-state index in [1.165, 1.54) is 0 Å². The first-order valence-corrected chi connectivity index (χ1v) is 6.98. The third-order valence-electron chi connectivity index (χ3n) is 3.33. The maximum Gasteiger partial charge on any atom is 0.164 e. The van der Waals surface area contributed by atoms with Gasteiger partial charge in [0.05, 0.1) is 30.7 Å². The summed E-state index contributed by atoms with van der Waals surface area (Å²) in [6.07, 6.45) is 5.63. The van der Waals surface area contributed by atoms with Crippen molar-refractivity contribution in [3.05, 3.63) is 23.7 Å². The van der Waals surface area contributed by atoms with Gasteiger partial charge in [-0.2, -0.15) is 5.10 Å². The lowest BCUT2D eigenvalue weighted by molar-refractivity contribution is 0.109. The fraction of sp³-hybridized carbons (Fsp3) is 0.500. The Kier molecular flexibility index (Phi) is 3.64. The largest absolute Gasteiger partial charge is 0.376 e. The van der Waals surface area contributed by atoms with E-state index < -0.39 is 0 Å². The second kappa shape index (κ2) is 5.58. The maximum atomic E-state index is 5.53. The molecule has 6 nitrogen and oxygen atoms in total. The monoisotopic (exact) mass is 273 g/mol. The Hall–Kier alpha value is -1.95. The highest BCUT2D eigenvalue weighted by atomic mass is 16.5. The molecule has 3 rings (SSSR count). The van der Waals surface area contributed by atoms with Crippen LogP contribution in [0.15, 0.2) is 12.4 Å². The second-order valence-electron chi connectivity index (χ2n) is 4.95. The number of ether oxygens (including phenoxy) is 1. The van der Waals surface area contributed by atoms with Gasteiger partial charge < -0.3 is 10.1 Å². The molecule has 0 bridgehead atoms. The highest BCUT2D eigenvalue weighted by molar-refractivity contribution is 5.58. The third-order valence-corrected chi connectivity index (χ3v) is 3.33. The number of aryl methyl sites for hydroxylation is 1. The van der Waals surface area contributed by atoms with Crippen LogP contribution in [0, 0.1) is 0 Å². The van der Waals surface area contributed by atoms with Crippen molar-refractivity contribution in [2.45, 2.75) is 26.4 Å². The number of hydrogen-bond donors (Lipinski definition) is 1. The molecule has 0 amide bonds. The van der Waals surface area contributed by atoms with Gasteiger partial charge in [0.15, 0.2) is 5.82 Å². The Bertz CT molecular complexity index is 608. The van der Waals surface area contributed by atoms with Crippen molar-refractivity contribution in [3.63, 3.8) is 0 Å². The minimum atomic E-state index is 0.592. The first-order chi connectivity index (χ1) is 9.78. The van der Waals surface area contributed by atoms with Crippen LogP contribution in [-0.2, 0) is 24.8 Å². The van der Waals surface area contributed by atoms with Crippen LogP contribution >= 0.6 is 0 Å². The molecular formula is C14H19N5O.